The van der Waals surface area contributed by atoms with E-state index in [9.17, 15) is 13.2 Å². The van der Waals surface area contributed by atoms with Crippen LogP contribution in [0.25, 0.3) is 0 Å². The molecule has 0 radical (unpaired) electrons. The molecule has 0 aliphatic rings. The molecule has 15 heavy (non-hydrogen) atoms. The summed E-state index contributed by atoms with van der Waals surface area (Å²) in [5.74, 6) is 0.587. The molecule has 0 saturated carbocycles. The first-order valence-corrected chi connectivity index (χ1v) is 5.19. The fourth-order valence-corrected chi connectivity index (χ4v) is 1.36. The van der Waals surface area contributed by atoms with Gasteiger partial charge in [-0.1, -0.05) is 13.8 Å². The quantitative estimate of drug-likeness (QED) is 0.675. The maximum Gasteiger partial charge on any atom is 0.411 e. The second-order valence-corrected chi connectivity index (χ2v) is 4.15. The van der Waals surface area contributed by atoms with Crippen LogP contribution in [-0.2, 0) is 4.74 Å². The van der Waals surface area contributed by atoms with Crippen molar-refractivity contribution in [3.63, 3.8) is 0 Å². The summed E-state index contributed by atoms with van der Waals surface area (Å²) in [6.07, 6.45) is -3.21. The Morgan fingerprint density at radius 2 is 1.80 bits per heavy atom. The highest BCUT2D eigenvalue weighted by molar-refractivity contribution is 4.62. The van der Waals surface area contributed by atoms with Gasteiger partial charge in [-0.3, -0.25) is 0 Å². The third-order valence-corrected chi connectivity index (χ3v) is 1.83. The van der Waals surface area contributed by atoms with Gasteiger partial charge in [-0.25, -0.2) is 0 Å². The first-order chi connectivity index (χ1) is 6.81. The lowest BCUT2D eigenvalue weighted by atomic mass is 10.1. The summed E-state index contributed by atoms with van der Waals surface area (Å²) >= 11 is 0. The van der Waals surface area contributed by atoms with Crippen LogP contribution in [0.15, 0.2) is 0 Å². The second kappa shape index (κ2) is 7.06. The molecule has 5 heteroatoms. The topological polar surface area (TPSA) is 21.3 Å². The molecule has 0 saturated heterocycles. The average Bonchev–Trinajstić information content (AvgIpc) is 1.99. The Morgan fingerprint density at radius 3 is 2.27 bits per heavy atom. The van der Waals surface area contributed by atoms with Crippen molar-refractivity contribution < 1.29 is 17.9 Å². The van der Waals surface area contributed by atoms with Crippen molar-refractivity contribution in [2.75, 3.05) is 19.8 Å². The molecule has 0 heterocycles. The zero-order valence-electron chi connectivity index (χ0n) is 9.53. The second-order valence-electron chi connectivity index (χ2n) is 4.15. The van der Waals surface area contributed by atoms with Gasteiger partial charge in [0.25, 0.3) is 0 Å². The summed E-state index contributed by atoms with van der Waals surface area (Å²) in [5, 5.41) is 3.11. The van der Waals surface area contributed by atoms with Crippen LogP contribution in [0.3, 0.4) is 0 Å². The fraction of sp³-hybridized carbons (Fsp3) is 1.00. The van der Waals surface area contributed by atoms with Crippen molar-refractivity contribution in [1.29, 1.82) is 0 Å². The van der Waals surface area contributed by atoms with Gasteiger partial charge in [0.05, 0.1) is 6.61 Å². The number of hydrogen-bond acceptors (Lipinski definition) is 2. The molecule has 0 amide bonds. The van der Waals surface area contributed by atoms with Crippen LogP contribution in [0.4, 0.5) is 13.2 Å². The Hall–Kier alpha value is -0.290. The Bertz CT molecular complexity index is 159. The van der Waals surface area contributed by atoms with Gasteiger partial charge in [-0.2, -0.15) is 13.2 Å². The Morgan fingerprint density at radius 1 is 1.20 bits per heavy atom. The van der Waals surface area contributed by atoms with Gasteiger partial charge < -0.3 is 10.1 Å². The monoisotopic (exact) mass is 227 g/mol. The summed E-state index contributed by atoms with van der Waals surface area (Å²) in [7, 11) is 0. The minimum Gasteiger partial charge on any atom is -0.371 e. The van der Waals surface area contributed by atoms with E-state index in [-0.39, 0.29) is 6.61 Å². The predicted molar refractivity (Wildman–Crippen MR) is 53.8 cm³/mol. The van der Waals surface area contributed by atoms with Crippen molar-refractivity contribution >= 4 is 0 Å². The van der Waals surface area contributed by atoms with Crippen molar-refractivity contribution in [2.45, 2.75) is 39.4 Å². The molecule has 0 aliphatic carbocycles. The minimum atomic E-state index is -4.22. The van der Waals surface area contributed by atoms with E-state index in [0.29, 0.717) is 18.5 Å². The molecule has 0 aliphatic heterocycles. The number of hydrogen-bond donors (Lipinski definition) is 1. The lowest BCUT2D eigenvalue weighted by Gasteiger charge is -2.16. The number of alkyl halides is 3. The number of nitrogens with one attached hydrogen (secondary N) is 1. The standard InChI is InChI=1S/C10H20F3NO/c1-8(2)6-9(3)14-4-5-15-7-10(11,12)13/h8-9,14H,4-7H2,1-3H3. The lowest BCUT2D eigenvalue weighted by Crippen LogP contribution is -2.31. The molecule has 1 N–H and O–H groups in total. The predicted octanol–water partition coefficient (Wildman–Crippen LogP) is 2.59. The number of ether oxygens (including phenoxy) is 1. The summed E-state index contributed by atoms with van der Waals surface area (Å²) in [6.45, 7) is 5.64. The van der Waals surface area contributed by atoms with E-state index in [1.54, 1.807) is 0 Å². The summed E-state index contributed by atoms with van der Waals surface area (Å²) in [6, 6.07) is 0.319. The summed E-state index contributed by atoms with van der Waals surface area (Å²) in [4.78, 5) is 0. The minimum absolute atomic E-state index is 0.0992. The highest BCUT2D eigenvalue weighted by Crippen LogP contribution is 2.13. The van der Waals surface area contributed by atoms with E-state index < -0.39 is 12.8 Å². The largest absolute Gasteiger partial charge is 0.411 e. The average molecular weight is 227 g/mol. The molecule has 92 valence electrons. The number of halogens is 3. The Balaban J connectivity index is 3.31. The van der Waals surface area contributed by atoms with Crippen molar-refractivity contribution in [3.8, 4) is 0 Å². The van der Waals surface area contributed by atoms with E-state index in [1.165, 1.54) is 0 Å². The molecule has 0 rings (SSSR count). The zero-order valence-corrected chi connectivity index (χ0v) is 9.53. The highest BCUT2D eigenvalue weighted by Gasteiger charge is 2.27. The summed E-state index contributed by atoms with van der Waals surface area (Å²) < 4.78 is 39.5. The maximum absolute atomic E-state index is 11.7. The molecule has 0 aromatic rings. The molecule has 0 aromatic carbocycles. The first-order valence-electron chi connectivity index (χ1n) is 5.19. The molecule has 2 nitrogen and oxygen atoms in total. The molecule has 0 bridgehead atoms. The molecular weight excluding hydrogens is 207 g/mol. The van der Waals surface area contributed by atoms with E-state index in [1.807, 2.05) is 6.92 Å². The highest BCUT2D eigenvalue weighted by atomic mass is 19.4. The third-order valence-electron chi connectivity index (χ3n) is 1.83. The summed E-state index contributed by atoms with van der Waals surface area (Å²) in [5.41, 5.74) is 0. The van der Waals surface area contributed by atoms with Gasteiger partial charge in [0.1, 0.15) is 6.61 Å². The SMILES string of the molecule is CC(C)CC(C)NCCOCC(F)(F)F. The lowest BCUT2D eigenvalue weighted by molar-refractivity contribution is -0.173. The molecule has 1 atom stereocenters. The van der Waals surface area contributed by atoms with E-state index in [4.69, 9.17) is 0 Å². The molecular formula is C10H20F3NO. The molecule has 1 unspecified atom stereocenters. The van der Waals surface area contributed by atoms with Gasteiger partial charge in [-0.15, -0.1) is 0 Å². The van der Waals surface area contributed by atoms with Crippen molar-refractivity contribution in [2.24, 2.45) is 5.92 Å². The van der Waals surface area contributed by atoms with Gasteiger partial charge >= 0.3 is 6.18 Å². The van der Waals surface area contributed by atoms with Gasteiger partial charge in [0.15, 0.2) is 0 Å². The molecule has 0 spiro atoms. The smallest absolute Gasteiger partial charge is 0.371 e. The van der Waals surface area contributed by atoms with Gasteiger partial charge in [0.2, 0.25) is 0 Å². The fourth-order valence-electron chi connectivity index (χ4n) is 1.36. The molecule has 0 aromatic heterocycles. The van der Waals surface area contributed by atoms with Crippen LogP contribution in [-0.4, -0.2) is 32.0 Å². The van der Waals surface area contributed by atoms with Crippen molar-refractivity contribution in [1.82, 2.24) is 5.32 Å². The van der Waals surface area contributed by atoms with Crippen LogP contribution in [0.2, 0.25) is 0 Å². The van der Waals surface area contributed by atoms with Crippen LogP contribution in [0.1, 0.15) is 27.2 Å². The van der Waals surface area contributed by atoms with Gasteiger partial charge in [-0.05, 0) is 19.3 Å². The van der Waals surface area contributed by atoms with E-state index in [0.717, 1.165) is 6.42 Å². The Labute approximate surface area is 89.2 Å². The molecule has 0 fully saturated rings. The van der Waals surface area contributed by atoms with E-state index in [2.05, 4.69) is 23.9 Å². The first kappa shape index (κ1) is 14.7. The zero-order chi connectivity index (χ0) is 11.9. The van der Waals surface area contributed by atoms with Gasteiger partial charge in [0, 0.05) is 12.6 Å². The van der Waals surface area contributed by atoms with Crippen LogP contribution < -0.4 is 5.32 Å². The normalized spacial score (nSPS) is 14.6. The number of rotatable bonds is 7. The Kier molecular flexibility index (Phi) is 6.92. The van der Waals surface area contributed by atoms with E-state index >= 15 is 0 Å². The van der Waals surface area contributed by atoms with Crippen LogP contribution >= 0.6 is 0 Å². The maximum atomic E-state index is 11.7. The van der Waals surface area contributed by atoms with Crippen LogP contribution in [0, 0.1) is 5.92 Å². The third kappa shape index (κ3) is 11.6. The van der Waals surface area contributed by atoms with Crippen LogP contribution in [0.5, 0.6) is 0 Å². The van der Waals surface area contributed by atoms with Crippen molar-refractivity contribution in [3.05, 3.63) is 0 Å².